The highest BCUT2D eigenvalue weighted by Crippen LogP contribution is 2.70. The molecule has 11 atom stereocenters. The van der Waals surface area contributed by atoms with Crippen LogP contribution < -0.4 is 5.32 Å². The van der Waals surface area contributed by atoms with Gasteiger partial charge in [-0.05, 0) is 86.4 Å². The number of hydrogen-bond acceptors (Lipinski definition) is 5. The van der Waals surface area contributed by atoms with E-state index in [2.05, 4.69) is 39.1 Å². The van der Waals surface area contributed by atoms with E-state index in [0.717, 1.165) is 44.9 Å². The van der Waals surface area contributed by atoms with Gasteiger partial charge in [-0.3, -0.25) is 9.59 Å². The molecule has 6 heteroatoms. The van der Waals surface area contributed by atoms with E-state index in [1.807, 2.05) is 0 Å². The molecule has 3 saturated carbocycles. The fourth-order valence-corrected chi connectivity index (χ4v) is 10.1. The summed E-state index contributed by atoms with van der Waals surface area (Å²) < 4.78 is 18.7. The third-order valence-corrected chi connectivity index (χ3v) is 11.8. The predicted molar refractivity (Wildman–Crippen MR) is 142 cm³/mol. The van der Waals surface area contributed by atoms with Crippen LogP contribution in [0.3, 0.4) is 0 Å². The van der Waals surface area contributed by atoms with Crippen LogP contribution in [0.2, 0.25) is 0 Å². The fraction of sp³-hybridized carbons (Fsp3) is 0.871. The normalized spacial score (nSPS) is 47.1. The summed E-state index contributed by atoms with van der Waals surface area (Å²) in [5.41, 5.74) is 2.05. The first-order valence-electron chi connectivity index (χ1n) is 14.8. The smallest absolute Gasteiger partial charge is 0.302 e. The second-order valence-corrected chi connectivity index (χ2v) is 13.6. The monoisotopic (exact) mass is 515 g/mol. The molecule has 5 aliphatic rings. The molecule has 1 heterocycles. The molecule has 0 bridgehead atoms. The Morgan fingerprint density at radius 2 is 1.95 bits per heavy atom. The second kappa shape index (κ2) is 9.66. The Labute approximate surface area is 223 Å². The van der Waals surface area contributed by atoms with Gasteiger partial charge in [-0.25, -0.2) is 0 Å². The first kappa shape index (κ1) is 27.2. The minimum Gasteiger partial charge on any atom is -0.462 e. The maximum absolute atomic E-state index is 11.6. The Balaban J connectivity index is 1.32. The zero-order valence-electron chi connectivity index (χ0n) is 24.1. The molecule has 1 saturated heterocycles. The molecule has 4 aliphatic carbocycles. The van der Waals surface area contributed by atoms with Gasteiger partial charge in [0.1, 0.15) is 6.10 Å². The Morgan fingerprint density at radius 3 is 2.62 bits per heavy atom. The molecule has 4 fully saturated rings. The number of nitrogens with one attached hydrogen (secondary N) is 1. The van der Waals surface area contributed by atoms with Crippen LogP contribution in [0.1, 0.15) is 99.3 Å². The standard InChI is InChI=1S/C31H49NO5/c1-18(32-20(3)33)10-15-31(35-7)19(2)28-27(37-31)17-26-24-9-8-22-16-23(36-21(4)34)11-13-29(22,5)25(24)12-14-30(26,28)6/h8,18-19,23-28H,9-17H2,1-7H3,(H,32,33). The highest BCUT2D eigenvalue weighted by Gasteiger charge is 2.68. The lowest BCUT2D eigenvalue weighted by Gasteiger charge is -2.58. The molecule has 37 heavy (non-hydrogen) atoms. The van der Waals surface area contributed by atoms with E-state index in [4.69, 9.17) is 14.2 Å². The van der Waals surface area contributed by atoms with Gasteiger partial charge in [0.05, 0.1) is 6.10 Å². The third kappa shape index (κ3) is 4.38. The number of esters is 1. The minimum absolute atomic E-state index is 0.0154. The lowest BCUT2D eigenvalue weighted by Crippen LogP contribution is -2.52. The van der Waals surface area contributed by atoms with Gasteiger partial charge in [0.2, 0.25) is 5.91 Å². The van der Waals surface area contributed by atoms with E-state index in [1.165, 1.54) is 19.8 Å². The zero-order chi connectivity index (χ0) is 26.8. The van der Waals surface area contributed by atoms with Crippen LogP contribution in [-0.4, -0.2) is 43.0 Å². The van der Waals surface area contributed by atoms with Crippen LogP contribution in [0.4, 0.5) is 0 Å². The van der Waals surface area contributed by atoms with E-state index in [-0.39, 0.29) is 41.0 Å². The molecule has 6 nitrogen and oxygen atoms in total. The molecule has 1 aliphatic heterocycles. The molecule has 0 radical (unpaired) electrons. The SMILES string of the molecule is COC1(CCC(C)NC(C)=O)OC2CC3C4CC=C5CC(OC(C)=O)CCC5(C)C4CCC3(C)C2C1C. The van der Waals surface area contributed by atoms with Gasteiger partial charge < -0.3 is 19.5 Å². The van der Waals surface area contributed by atoms with Crippen LogP contribution in [0.15, 0.2) is 11.6 Å². The Kier molecular flexibility index (Phi) is 7.09. The van der Waals surface area contributed by atoms with Crippen molar-refractivity contribution in [3.8, 4) is 0 Å². The Morgan fingerprint density at radius 1 is 1.19 bits per heavy atom. The van der Waals surface area contributed by atoms with Crippen LogP contribution in [0.5, 0.6) is 0 Å². The summed E-state index contributed by atoms with van der Waals surface area (Å²) >= 11 is 0. The van der Waals surface area contributed by atoms with E-state index in [1.54, 1.807) is 19.6 Å². The maximum atomic E-state index is 11.6. The van der Waals surface area contributed by atoms with Crippen molar-refractivity contribution in [2.75, 3.05) is 7.11 Å². The second-order valence-electron chi connectivity index (χ2n) is 13.6. The molecule has 5 rings (SSSR count). The number of rotatable bonds is 6. The molecule has 0 aromatic rings. The average Bonchev–Trinajstić information content (AvgIpc) is 3.28. The number of hydrogen-bond donors (Lipinski definition) is 1. The van der Waals surface area contributed by atoms with Crippen molar-refractivity contribution in [3.63, 3.8) is 0 Å². The maximum Gasteiger partial charge on any atom is 0.302 e. The average molecular weight is 516 g/mol. The van der Waals surface area contributed by atoms with Crippen molar-refractivity contribution in [3.05, 3.63) is 11.6 Å². The largest absolute Gasteiger partial charge is 0.462 e. The topological polar surface area (TPSA) is 73.9 Å². The molecule has 208 valence electrons. The molecule has 0 aromatic heterocycles. The molecular weight excluding hydrogens is 466 g/mol. The van der Waals surface area contributed by atoms with Crippen LogP contribution in [0, 0.1) is 40.4 Å². The van der Waals surface area contributed by atoms with Crippen molar-refractivity contribution in [1.82, 2.24) is 5.32 Å². The zero-order valence-corrected chi connectivity index (χ0v) is 24.1. The number of ether oxygens (including phenoxy) is 3. The molecule has 0 spiro atoms. The van der Waals surface area contributed by atoms with Gasteiger partial charge in [0.15, 0.2) is 5.79 Å². The van der Waals surface area contributed by atoms with Crippen LogP contribution in [0.25, 0.3) is 0 Å². The fourth-order valence-electron chi connectivity index (χ4n) is 10.1. The van der Waals surface area contributed by atoms with E-state index in [9.17, 15) is 9.59 Å². The predicted octanol–water partition coefficient (Wildman–Crippen LogP) is 5.79. The summed E-state index contributed by atoms with van der Waals surface area (Å²) in [6.45, 7) is 12.6. The lowest BCUT2D eigenvalue weighted by molar-refractivity contribution is -0.238. The van der Waals surface area contributed by atoms with Gasteiger partial charge in [-0.15, -0.1) is 0 Å². The quantitative estimate of drug-likeness (QED) is 0.358. The number of carbonyl (C=O) groups excluding carboxylic acids is 2. The Hall–Kier alpha value is -1.40. The van der Waals surface area contributed by atoms with Gasteiger partial charge in [0.25, 0.3) is 0 Å². The minimum atomic E-state index is -0.562. The van der Waals surface area contributed by atoms with E-state index in [0.29, 0.717) is 29.6 Å². The van der Waals surface area contributed by atoms with Crippen molar-refractivity contribution in [2.24, 2.45) is 40.4 Å². The molecule has 0 aromatic carbocycles. The lowest BCUT2D eigenvalue weighted by atomic mass is 9.47. The van der Waals surface area contributed by atoms with Crippen LogP contribution in [-0.2, 0) is 23.8 Å². The van der Waals surface area contributed by atoms with Crippen molar-refractivity contribution >= 4 is 11.9 Å². The van der Waals surface area contributed by atoms with E-state index >= 15 is 0 Å². The third-order valence-electron chi connectivity index (χ3n) is 11.8. The first-order valence-corrected chi connectivity index (χ1v) is 14.8. The summed E-state index contributed by atoms with van der Waals surface area (Å²) in [5, 5.41) is 3.02. The van der Waals surface area contributed by atoms with Crippen LogP contribution >= 0.6 is 0 Å². The number of carbonyl (C=O) groups is 2. The van der Waals surface area contributed by atoms with Gasteiger partial charge >= 0.3 is 5.97 Å². The number of methoxy groups -OCH3 is 1. The highest BCUT2D eigenvalue weighted by molar-refractivity contribution is 5.73. The molecule has 11 unspecified atom stereocenters. The molecule has 1 N–H and O–H groups in total. The van der Waals surface area contributed by atoms with Gasteiger partial charge in [0, 0.05) is 45.8 Å². The summed E-state index contributed by atoms with van der Waals surface area (Å²) in [6.07, 6.45) is 12.3. The Bertz CT molecular complexity index is 948. The van der Waals surface area contributed by atoms with Crippen molar-refractivity contribution in [2.45, 2.75) is 123 Å². The number of amides is 1. The molecule has 1 amide bonds. The highest BCUT2D eigenvalue weighted by atomic mass is 16.7. The summed E-state index contributed by atoms with van der Waals surface area (Å²) in [6, 6.07) is 0.111. The number of allylic oxidation sites excluding steroid dienone is 1. The van der Waals surface area contributed by atoms with Crippen molar-refractivity contribution < 1.29 is 23.8 Å². The summed E-state index contributed by atoms with van der Waals surface area (Å²) in [4.78, 5) is 23.1. The van der Waals surface area contributed by atoms with Crippen molar-refractivity contribution in [1.29, 1.82) is 0 Å². The summed E-state index contributed by atoms with van der Waals surface area (Å²) in [7, 11) is 1.80. The van der Waals surface area contributed by atoms with E-state index < -0.39 is 5.79 Å². The van der Waals surface area contributed by atoms with Gasteiger partial charge in [-0.1, -0.05) is 32.4 Å². The first-order chi connectivity index (χ1) is 17.4. The number of fused-ring (bicyclic) bond motifs is 7. The summed E-state index contributed by atoms with van der Waals surface area (Å²) in [5.74, 6) is 2.22. The van der Waals surface area contributed by atoms with Gasteiger partial charge in [-0.2, -0.15) is 0 Å². The molecular formula is C31H49NO5.